The summed E-state index contributed by atoms with van der Waals surface area (Å²) in [6.45, 7) is 0.373. The Kier molecular flexibility index (Phi) is 6.18. The number of nitrogens with one attached hydrogen (secondary N) is 2. The lowest BCUT2D eigenvalue weighted by molar-refractivity contribution is 0.302. The molecule has 5 nitrogen and oxygen atoms in total. The summed E-state index contributed by atoms with van der Waals surface area (Å²) < 4.78 is 7.56. The molecule has 0 aliphatic carbocycles. The van der Waals surface area contributed by atoms with Gasteiger partial charge in [0.25, 0.3) is 0 Å². The number of anilines is 1. The van der Waals surface area contributed by atoms with Gasteiger partial charge in [-0.1, -0.05) is 41.9 Å². The van der Waals surface area contributed by atoms with Crippen molar-refractivity contribution in [2.75, 3.05) is 5.43 Å². The second-order valence-electron chi connectivity index (χ2n) is 6.17. The molecule has 0 atom stereocenters. The molecule has 0 saturated heterocycles. The number of hydrogen-bond donors (Lipinski definition) is 2. The number of hydrogen-bond acceptors (Lipinski definition) is 4. The van der Waals surface area contributed by atoms with E-state index in [9.17, 15) is 0 Å². The molecule has 1 aromatic heterocycles. The lowest BCUT2D eigenvalue weighted by atomic mass is 10.2. The van der Waals surface area contributed by atoms with Crippen LogP contribution in [0.4, 0.5) is 5.95 Å². The van der Waals surface area contributed by atoms with Crippen LogP contribution in [0.1, 0.15) is 11.1 Å². The second kappa shape index (κ2) is 8.98. The molecule has 0 fully saturated rings. The first-order valence-electron chi connectivity index (χ1n) is 8.69. The van der Waals surface area contributed by atoms with Gasteiger partial charge in [-0.3, -0.25) is 0 Å². The van der Waals surface area contributed by atoms with E-state index in [4.69, 9.17) is 16.3 Å². The average molecular weight is 535 g/mol. The van der Waals surface area contributed by atoms with Crippen LogP contribution in [0, 0.1) is 0 Å². The van der Waals surface area contributed by atoms with Gasteiger partial charge in [-0.2, -0.15) is 5.10 Å². The quantitative estimate of drug-likeness (QED) is 0.212. The van der Waals surface area contributed by atoms with Crippen LogP contribution in [-0.4, -0.2) is 16.2 Å². The fraction of sp³-hybridized carbons (Fsp3) is 0.0476. The predicted octanol–water partition coefficient (Wildman–Crippen LogP) is 6.77. The standard InChI is InChI=1S/C21H15Br2ClN4O/c22-15-9-13(11-25-28-21-26-18-7-3-4-8-19(18)27-21)10-16(23)20(15)29-12-14-5-1-2-6-17(14)24/h1-11H,12H2,(H2,26,27,28)/b25-11-. The van der Waals surface area contributed by atoms with Crippen LogP contribution < -0.4 is 10.2 Å². The molecule has 1 heterocycles. The summed E-state index contributed by atoms with van der Waals surface area (Å²) in [5.74, 6) is 1.28. The van der Waals surface area contributed by atoms with Crippen molar-refractivity contribution in [3.05, 3.63) is 85.8 Å². The van der Waals surface area contributed by atoms with Crippen molar-refractivity contribution in [2.24, 2.45) is 5.10 Å². The smallest absolute Gasteiger partial charge is 0.222 e. The van der Waals surface area contributed by atoms with E-state index in [0.717, 1.165) is 31.1 Å². The SMILES string of the molecule is Clc1ccccc1COc1c(Br)cc(/C=N\Nc2nc3ccccc3[nH]2)cc1Br. The lowest BCUT2D eigenvalue weighted by Gasteiger charge is -2.12. The highest BCUT2D eigenvalue weighted by atomic mass is 79.9. The van der Waals surface area contributed by atoms with Gasteiger partial charge < -0.3 is 9.72 Å². The molecule has 0 saturated carbocycles. The largest absolute Gasteiger partial charge is 0.486 e. The highest BCUT2D eigenvalue weighted by Crippen LogP contribution is 2.35. The molecule has 146 valence electrons. The molecule has 0 amide bonds. The highest BCUT2D eigenvalue weighted by Gasteiger charge is 2.10. The molecule has 2 N–H and O–H groups in total. The number of para-hydroxylation sites is 2. The number of aromatic nitrogens is 2. The zero-order chi connectivity index (χ0) is 20.2. The topological polar surface area (TPSA) is 62.3 Å². The number of ether oxygens (including phenoxy) is 1. The molecular weight excluding hydrogens is 520 g/mol. The maximum Gasteiger partial charge on any atom is 0.222 e. The number of nitrogens with zero attached hydrogens (tertiary/aromatic N) is 2. The monoisotopic (exact) mass is 532 g/mol. The molecule has 0 unspecified atom stereocenters. The molecule has 4 rings (SSSR count). The number of fused-ring (bicyclic) bond motifs is 1. The minimum atomic E-state index is 0.373. The van der Waals surface area contributed by atoms with E-state index in [2.05, 4.69) is 52.4 Å². The summed E-state index contributed by atoms with van der Waals surface area (Å²) in [5.41, 5.74) is 6.57. The fourth-order valence-corrected chi connectivity index (χ4v) is 4.37. The Balaban J connectivity index is 1.44. The van der Waals surface area contributed by atoms with Crippen LogP contribution in [0.2, 0.25) is 5.02 Å². The number of halogens is 3. The third kappa shape index (κ3) is 4.80. The van der Waals surface area contributed by atoms with Gasteiger partial charge in [0.05, 0.1) is 26.2 Å². The first-order valence-corrected chi connectivity index (χ1v) is 10.7. The van der Waals surface area contributed by atoms with E-state index in [1.807, 2.05) is 60.7 Å². The van der Waals surface area contributed by atoms with Gasteiger partial charge in [-0.25, -0.2) is 10.4 Å². The van der Waals surface area contributed by atoms with Gasteiger partial charge in [0.15, 0.2) is 0 Å². The van der Waals surface area contributed by atoms with Crippen molar-refractivity contribution in [3.63, 3.8) is 0 Å². The van der Waals surface area contributed by atoms with Crippen molar-refractivity contribution in [1.29, 1.82) is 0 Å². The summed E-state index contributed by atoms with van der Waals surface area (Å²) in [6, 6.07) is 19.3. The van der Waals surface area contributed by atoms with Gasteiger partial charge in [0.1, 0.15) is 12.4 Å². The Hall–Kier alpha value is -2.35. The Morgan fingerprint density at radius 3 is 2.55 bits per heavy atom. The first kappa shape index (κ1) is 19.9. The Morgan fingerprint density at radius 1 is 1.07 bits per heavy atom. The van der Waals surface area contributed by atoms with Crippen LogP contribution in [-0.2, 0) is 6.61 Å². The summed E-state index contributed by atoms with van der Waals surface area (Å²) in [5, 5.41) is 4.94. The zero-order valence-corrected chi connectivity index (χ0v) is 18.9. The van der Waals surface area contributed by atoms with Gasteiger partial charge in [0, 0.05) is 10.6 Å². The predicted molar refractivity (Wildman–Crippen MR) is 125 cm³/mol. The number of imidazole rings is 1. The second-order valence-corrected chi connectivity index (χ2v) is 8.28. The van der Waals surface area contributed by atoms with Gasteiger partial charge in [-0.05, 0) is 67.8 Å². The zero-order valence-electron chi connectivity index (χ0n) is 15.0. The number of benzene rings is 3. The number of rotatable bonds is 6. The van der Waals surface area contributed by atoms with E-state index in [0.29, 0.717) is 23.3 Å². The molecule has 0 bridgehead atoms. The van der Waals surface area contributed by atoms with E-state index >= 15 is 0 Å². The van der Waals surface area contributed by atoms with E-state index in [1.54, 1.807) is 6.21 Å². The van der Waals surface area contributed by atoms with Gasteiger partial charge >= 0.3 is 0 Å². The third-order valence-corrected chi connectivity index (χ3v) is 5.67. The molecule has 0 radical (unpaired) electrons. The normalized spacial score (nSPS) is 11.3. The molecule has 4 aromatic rings. The van der Waals surface area contributed by atoms with Crippen molar-refractivity contribution in [3.8, 4) is 5.75 Å². The Labute approximate surface area is 189 Å². The summed E-state index contributed by atoms with van der Waals surface area (Å²) in [6.07, 6.45) is 1.71. The number of H-pyrrole nitrogens is 1. The summed E-state index contributed by atoms with van der Waals surface area (Å²) >= 11 is 13.3. The molecule has 0 spiro atoms. The molecule has 8 heteroatoms. The van der Waals surface area contributed by atoms with Crippen molar-refractivity contribution in [1.82, 2.24) is 9.97 Å². The molecular formula is C21H15Br2ClN4O. The average Bonchev–Trinajstić information content (AvgIpc) is 3.11. The van der Waals surface area contributed by atoms with Gasteiger partial charge in [0.2, 0.25) is 5.95 Å². The minimum Gasteiger partial charge on any atom is -0.486 e. The van der Waals surface area contributed by atoms with Crippen LogP contribution in [0.15, 0.2) is 74.7 Å². The summed E-state index contributed by atoms with van der Waals surface area (Å²) in [4.78, 5) is 7.59. The van der Waals surface area contributed by atoms with Crippen LogP contribution >= 0.6 is 43.5 Å². The van der Waals surface area contributed by atoms with Crippen molar-refractivity contribution >= 4 is 66.7 Å². The van der Waals surface area contributed by atoms with E-state index in [-0.39, 0.29) is 0 Å². The Bertz CT molecular complexity index is 1140. The van der Waals surface area contributed by atoms with E-state index in [1.165, 1.54) is 0 Å². The molecule has 0 aliphatic heterocycles. The van der Waals surface area contributed by atoms with E-state index < -0.39 is 0 Å². The van der Waals surface area contributed by atoms with Crippen molar-refractivity contribution < 1.29 is 4.74 Å². The first-order chi connectivity index (χ1) is 14.1. The van der Waals surface area contributed by atoms with Crippen LogP contribution in [0.25, 0.3) is 11.0 Å². The lowest BCUT2D eigenvalue weighted by Crippen LogP contribution is -1.99. The maximum atomic E-state index is 6.19. The summed E-state index contributed by atoms with van der Waals surface area (Å²) in [7, 11) is 0. The third-order valence-electron chi connectivity index (χ3n) is 4.12. The molecule has 0 aliphatic rings. The minimum absolute atomic E-state index is 0.373. The van der Waals surface area contributed by atoms with Crippen molar-refractivity contribution in [2.45, 2.75) is 6.61 Å². The van der Waals surface area contributed by atoms with Crippen LogP contribution in [0.5, 0.6) is 5.75 Å². The maximum absolute atomic E-state index is 6.19. The molecule has 29 heavy (non-hydrogen) atoms. The van der Waals surface area contributed by atoms with Gasteiger partial charge in [-0.15, -0.1) is 0 Å². The molecule has 3 aromatic carbocycles. The number of aromatic amines is 1. The highest BCUT2D eigenvalue weighted by molar-refractivity contribution is 9.11. The Morgan fingerprint density at radius 2 is 1.79 bits per heavy atom. The van der Waals surface area contributed by atoms with Crippen LogP contribution in [0.3, 0.4) is 0 Å². The fourth-order valence-electron chi connectivity index (χ4n) is 2.73. The number of hydrazone groups is 1.